The maximum absolute atomic E-state index is 13.1. The second-order valence-corrected chi connectivity index (χ2v) is 3.42. The molecule has 2 rings (SSSR count). The minimum Gasteiger partial charge on any atom is -0.469 e. The first-order chi connectivity index (χ1) is 7.66. The highest BCUT2D eigenvalue weighted by Crippen LogP contribution is 2.14. The Morgan fingerprint density at radius 1 is 1.38 bits per heavy atom. The summed E-state index contributed by atoms with van der Waals surface area (Å²) in [4.78, 5) is 11.7. The molecular weight excluding hydrogens is 209 g/mol. The zero-order valence-electron chi connectivity index (χ0n) is 8.44. The van der Waals surface area contributed by atoms with Gasteiger partial charge in [0.25, 0.3) is 0 Å². The van der Waals surface area contributed by atoms with E-state index in [-0.39, 0.29) is 17.9 Å². The van der Waals surface area contributed by atoms with Gasteiger partial charge in [-0.3, -0.25) is 4.79 Å². The lowest BCUT2D eigenvalue weighted by Crippen LogP contribution is -2.04. The summed E-state index contributed by atoms with van der Waals surface area (Å²) < 4.78 is 18.2. The predicted octanol–water partition coefficient (Wildman–Crippen LogP) is 2.43. The molecule has 0 aliphatic rings. The summed E-state index contributed by atoms with van der Waals surface area (Å²) in [6.45, 7) is 0. The summed E-state index contributed by atoms with van der Waals surface area (Å²) >= 11 is 0. The van der Waals surface area contributed by atoms with Crippen molar-refractivity contribution in [1.29, 1.82) is 0 Å². The van der Waals surface area contributed by atoms with Crippen LogP contribution in [0.25, 0.3) is 0 Å². The quantitative estimate of drug-likeness (QED) is 0.637. The van der Waals surface area contributed by atoms with Gasteiger partial charge in [0.15, 0.2) is 5.78 Å². The van der Waals surface area contributed by atoms with Gasteiger partial charge in [0, 0.05) is 5.56 Å². The topological polar surface area (TPSA) is 56.2 Å². The fraction of sp³-hybridized carbons (Fsp3) is 0.0833. The zero-order valence-corrected chi connectivity index (χ0v) is 8.44. The van der Waals surface area contributed by atoms with Crippen LogP contribution in [0.5, 0.6) is 0 Å². The molecule has 4 heteroatoms. The Hall–Kier alpha value is -2.10. The third-order valence-electron chi connectivity index (χ3n) is 2.24. The summed E-state index contributed by atoms with van der Waals surface area (Å²) in [6.07, 6.45) is 1.61. The van der Waals surface area contributed by atoms with Crippen molar-refractivity contribution in [2.24, 2.45) is 0 Å². The molecular formula is C12H10FNO2. The molecule has 0 aliphatic heterocycles. The van der Waals surface area contributed by atoms with Crippen molar-refractivity contribution < 1.29 is 13.6 Å². The van der Waals surface area contributed by atoms with E-state index in [0.717, 1.165) is 6.07 Å². The third-order valence-corrected chi connectivity index (χ3v) is 2.24. The van der Waals surface area contributed by atoms with E-state index in [2.05, 4.69) is 0 Å². The van der Waals surface area contributed by atoms with Crippen LogP contribution in [-0.2, 0) is 6.42 Å². The standard InChI is InChI=1S/C12H10FNO2/c13-10-6-8(3-4-11(10)14)12(15)7-9-2-1-5-16-9/h1-6H,7,14H2. The van der Waals surface area contributed by atoms with Crippen LogP contribution in [0, 0.1) is 5.82 Å². The van der Waals surface area contributed by atoms with Crippen molar-refractivity contribution in [2.75, 3.05) is 5.73 Å². The number of hydrogen-bond acceptors (Lipinski definition) is 3. The lowest BCUT2D eigenvalue weighted by Gasteiger charge is -2.01. The van der Waals surface area contributed by atoms with Crippen molar-refractivity contribution in [1.82, 2.24) is 0 Å². The average Bonchev–Trinajstić information content (AvgIpc) is 2.74. The molecule has 0 saturated heterocycles. The highest BCUT2D eigenvalue weighted by molar-refractivity contribution is 5.97. The number of ketones is 1. The summed E-state index contributed by atoms with van der Waals surface area (Å²) in [6, 6.07) is 7.42. The van der Waals surface area contributed by atoms with Gasteiger partial charge in [0.05, 0.1) is 18.4 Å². The number of anilines is 1. The fourth-order valence-electron chi connectivity index (χ4n) is 1.37. The number of nitrogens with two attached hydrogens (primary N) is 1. The molecule has 0 radical (unpaired) electrons. The Bertz CT molecular complexity index is 506. The first kappa shape index (κ1) is 10.4. The largest absolute Gasteiger partial charge is 0.469 e. The SMILES string of the molecule is Nc1ccc(C(=O)Cc2ccco2)cc1F. The van der Waals surface area contributed by atoms with Crippen LogP contribution < -0.4 is 5.73 Å². The molecule has 1 aromatic carbocycles. The molecule has 2 N–H and O–H groups in total. The van der Waals surface area contributed by atoms with Gasteiger partial charge < -0.3 is 10.2 Å². The Morgan fingerprint density at radius 3 is 2.81 bits per heavy atom. The number of furan rings is 1. The number of carbonyl (C=O) groups excluding carboxylic acids is 1. The Morgan fingerprint density at radius 2 is 2.19 bits per heavy atom. The maximum Gasteiger partial charge on any atom is 0.170 e. The number of benzene rings is 1. The number of Topliss-reactive ketones (excluding diaryl/α,β-unsaturated/α-hetero) is 1. The van der Waals surface area contributed by atoms with Crippen LogP contribution in [-0.4, -0.2) is 5.78 Å². The van der Waals surface area contributed by atoms with Gasteiger partial charge in [-0.05, 0) is 30.3 Å². The molecule has 0 spiro atoms. The second-order valence-electron chi connectivity index (χ2n) is 3.42. The van der Waals surface area contributed by atoms with E-state index in [4.69, 9.17) is 10.2 Å². The summed E-state index contributed by atoms with van der Waals surface area (Å²) in [5.74, 6) is -0.221. The number of halogens is 1. The van der Waals surface area contributed by atoms with Gasteiger partial charge in [-0.2, -0.15) is 0 Å². The predicted molar refractivity (Wildman–Crippen MR) is 57.6 cm³/mol. The van der Waals surface area contributed by atoms with Crippen molar-refractivity contribution in [2.45, 2.75) is 6.42 Å². The maximum atomic E-state index is 13.1. The average molecular weight is 219 g/mol. The second kappa shape index (κ2) is 4.18. The Balaban J connectivity index is 2.18. The monoisotopic (exact) mass is 219 g/mol. The van der Waals surface area contributed by atoms with Crippen molar-refractivity contribution in [3.63, 3.8) is 0 Å². The summed E-state index contributed by atoms with van der Waals surface area (Å²) in [5, 5.41) is 0. The smallest absolute Gasteiger partial charge is 0.170 e. The number of carbonyl (C=O) groups is 1. The van der Waals surface area contributed by atoms with Crippen LogP contribution in [0.4, 0.5) is 10.1 Å². The first-order valence-corrected chi connectivity index (χ1v) is 4.77. The highest BCUT2D eigenvalue weighted by atomic mass is 19.1. The van der Waals surface area contributed by atoms with Crippen molar-refractivity contribution in [3.8, 4) is 0 Å². The van der Waals surface area contributed by atoms with Crippen LogP contribution >= 0.6 is 0 Å². The molecule has 16 heavy (non-hydrogen) atoms. The molecule has 82 valence electrons. The molecule has 0 atom stereocenters. The van der Waals surface area contributed by atoms with Gasteiger partial charge in [-0.25, -0.2) is 4.39 Å². The van der Waals surface area contributed by atoms with E-state index in [0.29, 0.717) is 11.3 Å². The minimum atomic E-state index is -0.578. The highest BCUT2D eigenvalue weighted by Gasteiger charge is 2.10. The first-order valence-electron chi connectivity index (χ1n) is 4.77. The molecule has 0 amide bonds. The molecule has 3 nitrogen and oxygen atoms in total. The number of hydrogen-bond donors (Lipinski definition) is 1. The number of rotatable bonds is 3. The van der Waals surface area contributed by atoms with Gasteiger partial charge >= 0.3 is 0 Å². The van der Waals surface area contributed by atoms with E-state index in [1.54, 1.807) is 12.1 Å². The zero-order chi connectivity index (χ0) is 11.5. The van der Waals surface area contributed by atoms with Gasteiger partial charge in [-0.1, -0.05) is 0 Å². The van der Waals surface area contributed by atoms with Gasteiger partial charge in [0.1, 0.15) is 11.6 Å². The molecule has 0 aliphatic carbocycles. The molecule has 0 bridgehead atoms. The van der Waals surface area contributed by atoms with Crippen molar-refractivity contribution in [3.05, 3.63) is 53.7 Å². The van der Waals surface area contributed by atoms with Gasteiger partial charge in [0.2, 0.25) is 0 Å². The van der Waals surface area contributed by atoms with Crippen LogP contribution in [0.15, 0.2) is 41.0 Å². The molecule has 1 aromatic heterocycles. The summed E-state index contributed by atoms with van der Waals surface area (Å²) in [7, 11) is 0. The normalized spacial score (nSPS) is 10.3. The minimum absolute atomic E-state index is 0.0366. The Labute approximate surface area is 91.7 Å². The van der Waals surface area contributed by atoms with E-state index in [9.17, 15) is 9.18 Å². The lowest BCUT2D eigenvalue weighted by molar-refractivity contribution is 0.0986. The van der Waals surface area contributed by atoms with Crippen LogP contribution in [0.3, 0.4) is 0 Å². The Kier molecular flexibility index (Phi) is 2.72. The third kappa shape index (κ3) is 2.11. The molecule has 0 fully saturated rings. The van der Waals surface area contributed by atoms with E-state index in [1.807, 2.05) is 0 Å². The van der Waals surface area contributed by atoms with Crippen LogP contribution in [0.2, 0.25) is 0 Å². The van der Waals surface area contributed by atoms with Crippen LogP contribution in [0.1, 0.15) is 16.1 Å². The number of nitrogen functional groups attached to an aromatic ring is 1. The molecule has 0 unspecified atom stereocenters. The lowest BCUT2D eigenvalue weighted by atomic mass is 10.1. The molecule has 2 aromatic rings. The van der Waals surface area contributed by atoms with Crippen molar-refractivity contribution >= 4 is 11.5 Å². The molecule has 0 saturated carbocycles. The molecule has 1 heterocycles. The van der Waals surface area contributed by atoms with E-state index < -0.39 is 5.82 Å². The van der Waals surface area contributed by atoms with Gasteiger partial charge in [-0.15, -0.1) is 0 Å². The summed E-state index contributed by atoms with van der Waals surface area (Å²) in [5.41, 5.74) is 5.65. The fourth-order valence-corrected chi connectivity index (χ4v) is 1.37. The van der Waals surface area contributed by atoms with E-state index >= 15 is 0 Å². The van der Waals surface area contributed by atoms with E-state index in [1.165, 1.54) is 18.4 Å².